The zero-order chi connectivity index (χ0) is 16.4. The van der Waals surface area contributed by atoms with Gasteiger partial charge in [0.1, 0.15) is 10.9 Å². The minimum absolute atomic E-state index is 0.131. The van der Waals surface area contributed by atoms with Crippen LogP contribution >= 0.6 is 0 Å². The third-order valence-electron chi connectivity index (χ3n) is 4.17. The molecule has 23 heavy (non-hydrogen) atoms. The second-order valence-corrected chi connectivity index (χ2v) is 7.50. The number of rotatable bonds is 3. The fourth-order valence-electron chi connectivity index (χ4n) is 2.95. The van der Waals surface area contributed by atoms with Crippen LogP contribution in [0.15, 0.2) is 41.4 Å². The zero-order valence-electron chi connectivity index (χ0n) is 12.9. The molecule has 1 fully saturated rings. The van der Waals surface area contributed by atoms with E-state index in [9.17, 15) is 13.2 Å². The molecule has 2 aromatic rings. The number of aromatic nitrogens is 1. The molecule has 6 nitrogen and oxygen atoms in total. The number of piperidine rings is 1. The summed E-state index contributed by atoms with van der Waals surface area (Å²) in [6.45, 7) is 0.354. The lowest BCUT2D eigenvalue weighted by atomic mass is 10.0. The summed E-state index contributed by atoms with van der Waals surface area (Å²) in [6, 6.07) is 8.33. The molecule has 2 heterocycles. The van der Waals surface area contributed by atoms with Gasteiger partial charge in [-0.15, -0.1) is 0 Å². The number of fused-ring (bicyclic) bond motifs is 1. The van der Waals surface area contributed by atoms with Crippen LogP contribution in [-0.2, 0) is 14.8 Å². The number of nitrogens with zero attached hydrogens (tertiary/aromatic N) is 2. The number of amides is 1. The Bertz CT molecular complexity index is 835. The normalized spacial score (nSPS) is 19.6. The van der Waals surface area contributed by atoms with Gasteiger partial charge < -0.3 is 5.32 Å². The SMILES string of the molecule is CNC(=O)C1CCCCN1S(=O)(=O)c1cnc2ccccc2c1. The first-order valence-corrected chi connectivity index (χ1v) is 9.06. The van der Waals surface area contributed by atoms with E-state index in [0.717, 1.165) is 23.7 Å². The smallest absolute Gasteiger partial charge is 0.245 e. The number of para-hydroxylation sites is 1. The van der Waals surface area contributed by atoms with Gasteiger partial charge in [-0.1, -0.05) is 24.6 Å². The van der Waals surface area contributed by atoms with Crippen molar-refractivity contribution in [1.29, 1.82) is 0 Å². The molecule has 1 aliphatic rings. The zero-order valence-corrected chi connectivity index (χ0v) is 13.7. The number of hydrogen-bond donors (Lipinski definition) is 1. The predicted octanol–water partition coefficient (Wildman–Crippen LogP) is 1.52. The van der Waals surface area contributed by atoms with Gasteiger partial charge in [0.15, 0.2) is 0 Å². The van der Waals surface area contributed by atoms with Gasteiger partial charge in [0.05, 0.1) is 5.52 Å². The molecule has 0 radical (unpaired) electrons. The summed E-state index contributed by atoms with van der Waals surface area (Å²) in [7, 11) is -2.22. The van der Waals surface area contributed by atoms with Crippen LogP contribution < -0.4 is 5.32 Å². The van der Waals surface area contributed by atoms with Crippen LogP contribution in [0.1, 0.15) is 19.3 Å². The van der Waals surface area contributed by atoms with E-state index >= 15 is 0 Å². The van der Waals surface area contributed by atoms with E-state index in [1.54, 1.807) is 6.07 Å². The average Bonchev–Trinajstić information content (AvgIpc) is 2.60. The van der Waals surface area contributed by atoms with Gasteiger partial charge >= 0.3 is 0 Å². The van der Waals surface area contributed by atoms with Gasteiger partial charge in [0.25, 0.3) is 0 Å². The Labute approximate surface area is 135 Å². The Morgan fingerprint density at radius 2 is 2.09 bits per heavy atom. The molecule has 3 rings (SSSR count). The molecule has 0 spiro atoms. The molecule has 122 valence electrons. The van der Waals surface area contributed by atoms with Crippen molar-refractivity contribution in [3.63, 3.8) is 0 Å². The van der Waals surface area contributed by atoms with Crippen LogP contribution in [0, 0.1) is 0 Å². The maximum atomic E-state index is 13.0. The number of carbonyl (C=O) groups is 1. The number of hydrogen-bond acceptors (Lipinski definition) is 4. The highest BCUT2D eigenvalue weighted by Crippen LogP contribution is 2.26. The molecular weight excluding hydrogens is 314 g/mol. The fraction of sp³-hybridized carbons (Fsp3) is 0.375. The molecule has 1 amide bonds. The fourth-order valence-corrected chi connectivity index (χ4v) is 4.59. The quantitative estimate of drug-likeness (QED) is 0.924. The van der Waals surface area contributed by atoms with Crippen LogP contribution in [0.2, 0.25) is 0 Å². The summed E-state index contributed by atoms with van der Waals surface area (Å²) < 4.78 is 27.2. The molecule has 1 N–H and O–H groups in total. The van der Waals surface area contributed by atoms with E-state index < -0.39 is 16.1 Å². The molecule has 1 aliphatic heterocycles. The number of benzene rings is 1. The molecular formula is C16H19N3O3S. The summed E-state index contributed by atoms with van der Waals surface area (Å²) >= 11 is 0. The van der Waals surface area contributed by atoms with Crippen molar-refractivity contribution in [3.8, 4) is 0 Å². The highest BCUT2D eigenvalue weighted by molar-refractivity contribution is 7.89. The third kappa shape index (κ3) is 2.94. The van der Waals surface area contributed by atoms with E-state index in [1.165, 1.54) is 17.5 Å². The minimum atomic E-state index is -3.75. The molecule has 0 aliphatic carbocycles. The molecule has 0 bridgehead atoms. The first-order valence-electron chi connectivity index (χ1n) is 7.62. The van der Waals surface area contributed by atoms with E-state index in [2.05, 4.69) is 10.3 Å². The Morgan fingerprint density at radius 3 is 2.87 bits per heavy atom. The van der Waals surface area contributed by atoms with Crippen LogP contribution in [0.25, 0.3) is 10.9 Å². The summed E-state index contributed by atoms with van der Waals surface area (Å²) in [5.74, 6) is -0.262. The maximum absolute atomic E-state index is 13.0. The number of carbonyl (C=O) groups excluding carboxylic acids is 1. The van der Waals surface area contributed by atoms with Crippen LogP contribution in [0.4, 0.5) is 0 Å². The minimum Gasteiger partial charge on any atom is -0.358 e. The summed E-state index contributed by atoms with van der Waals surface area (Å²) in [6.07, 6.45) is 3.51. The molecule has 0 saturated carbocycles. The van der Waals surface area contributed by atoms with Gasteiger partial charge in [-0.25, -0.2) is 8.42 Å². The van der Waals surface area contributed by atoms with E-state index in [-0.39, 0.29) is 10.8 Å². The predicted molar refractivity (Wildman–Crippen MR) is 87.3 cm³/mol. The summed E-state index contributed by atoms with van der Waals surface area (Å²) in [4.78, 5) is 16.4. The summed E-state index contributed by atoms with van der Waals surface area (Å²) in [5.41, 5.74) is 0.743. The lowest BCUT2D eigenvalue weighted by Crippen LogP contribution is -2.51. The van der Waals surface area contributed by atoms with Gasteiger partial charge in [0, 0.05) is 25.2 Å². The Balaban J connectivity index is 2.02. The van der Waals surface area contributed by atoms with Crippen molar-refractivity contribution in [3.05, 3.63) is 36.5 Å². The van der Waals surface area contributed by atoms with Crippen molar-refractivity contribution in [1.82, 2.24) is 14.6 Å². The number of sulfonamides is 1. The van der Waals surface area contributed by atoms with Crippen molar-refractivity contribution < 1.29 is 13.2 Å². The van der Waals surface area contributed by atoms with Crippen molar-refractivity contribution in [2.45, 2.75) is 30.2 Å². The summed E-state index contributed by atoms with van der Waals surface area (Å²) in [5, 5.41) is 3.32. The van der Waals surface area contributed by atoms with E-state index in [1.807, 2.05) is 24.3 Å². The third-order valence-corrected chi connectivity index (χ3v) is 6.05. The van der Waals surface area contributed by atoms with E-state index in [4.69, 9.17) is 0 Å². The van der Waals surface area contributed by atoms with E-state index in [0.29, 0.717) is 13.0 Å². The first-order chi connectivity index (χ1) is 11.0. The Morgan fingerprint density at radius 1 is 1.30 bits per heavy atom. The maximum Gasteiger partial charge on any atom is 0.245 e. The first kappa shape index (κ1) is 15.9. The number of pyridine rings is 1. The topological polar surface area (TPSA) is 79.4 Å². The van der Waals surface area contributed by atoms with Crippen molar-refractivity contribution in [2.24, 2.45) is 0 Å². The lowest BCUT2D eigenvalue weighted by Gasteiger charge is -2.33. The number of nitrogens with one attached hydrogen (secondary N) is 1. The van der Waals surface area contributed by atoms with Crippen LogP contribution in [0.3, 0.4) is 0 Å². The molecule has 1 atom stereocenters. The molecule has 1 aromatic carbocycles. The standard InChI is InChI=1S/C16H19N3O3S/c1-17-16(20)15-8-4-5-9-19(15)23(21,22)13-10-12-6-2-3-7-14(12)18-11-13/h2-3,6-7,10-11,15H,4-5,8-9H2,1H3,(H,17,20). The molecule has 1 unspecified atom stereocenters. The monoisotopic (exact) mass is 333 g/mol. The second kappa shape index (κ2) is 6.25. The van der Waals surface area contributed by atoms with Crippen LogP contribution in [0.5, 0.6) is 0 Å². The van der Waals surface area contributed by atoms with Gasteiger partial charge in [-0.2, -0.15) is 4.31 Å². The van der Waals surface area contributed by atoms with Crippen molar-refractivity contribution in [2.75, 3.05) is 13.6 Å². The second-order valence-electron chi connectivity index (χ2n) is 5.61. The number of likely N-dealkylation sites (N-methyl/N-ethyl adjacent to an activating group) is 1. The Kier molecular flexibility index (Phi) is 4.32. The highest BCUT2D eigenvalue weighted by Gasteiger charge is 2.37. The van der Waals surface area contributed by atoms with Gasteiger partial charge in [0.2, 0.25) is 15.9 Å². The van der Waals surface area contributed by atoms with Crippen molar-refractivity contribution >= 4 is 26.8 Å². The Hall–Kier alpha value is -1.99. The average molecular weight is 333 g/mol. The van der Waals surface area contributed by atoms with Gasteiger partial charge in [-0.05, 0) is 25.0 Å². The lowest BCUT2D eigenvalue weighted by molar-refractivity contribution is -0.125. The molecule has 1 aromatic heterocycles. The molecule has 7 heteroatoms. The van der Waals surface area contributed by atoms with Gasteiger partial charge in [-0.3, -0.25) is 9.78 Å². The highest BCUT2D eigenvalue weighted by atomic mass is 32.2. The van der Waals surface area contributed by atoms with Crippen LogP contribution in [-0.4, -0.2) is 43.2 Å². The largest absolute Gasteiger partial charge is 0.358 e. The molecule has 1 saturated heterocycles.